The largest absolute Gasteiger partial charge is 0.348 e. The number of nitriles is 1. The fourth-order valence-corrected chi connectivity index (χ4v) is 4.14. The zero-order valence-corrected chi connectivity index (χ0v) is 18.9. The van der Waals surface area contributed by atoms with Crippen LogP contribution in [0, 0.1) is 11.3 Å². The Morgan fingerprint density at radius 3 is 2.45 bits per heavy atom. The Bertz CT molecular complexity index is 1200. The first-order valence-corrected chi connectivity index (χ1v) is 11.4. The number of fused-ring (bicyclic) bond motifs is 1. The number of benzene rings is 3. The van der Waals surface area contributed by atoms with E-state index < -0.39 is 0 Å². The zero-order valence-electron chi connectivity index (χ0n) is 18.2. The number of halogens is 1. The van der Waals surface area contributed by atoms with Gasteiger partial charge in [-0.3, -0.25) is 9.59 Å². The zero-order chi connectivity index (χ0) is 23.2. The maximum atomic E-state index is 12.9. The molecule has 33 heavy (non-hydrogen) atoms. The molecule has 6 heteroatoms. The number of amides is 2. The highest BCUT2D eigenvalue weighted by atomic mass is 35.5. The van der Waals surface area contributed by atoms with Crippen LogP contribution in [0.15, 0.2) is 66.7 Å². The minimum absolute atomic E-state index is 0.0697. The van der Waals surface area contributed by atoms with Gasteiger partial charge in [0.1, 0.15) is 0 Å². The van der Waals surface area contributed by atoms with Crippen molar-refractivity contribution in [2.45, 2.75) is 32.2 Å². The molecule has 0 saturated heterocycles. The first kappa shape index (κ1) is 22.6. The highest BCUT2D eigenvalue weighted by molar-refractivity contribution is 6.30. The Labute approximate surface area is 198 Å². The number of hydrogen-bond acceptors (Lipinski definition) is 3. The van der Waals surface area contributed by atoms with Gasteiger partial charge in [-0.25, -0.2) is 0 Å². The number of rotatable bonds is 6. The van der Waals surface area contributed by atoms with Crippen LogP contribution in [0.2, 0.25) is 5.02 Å². The van der Waals surface area contributed by atoms with Crippen LogP contribution >= 0.6 is 11.6 Å². The third-order valence-corrected chi connectivity index (χ3v) is 6.09. The summed E-state index contributed by atoms with van der Waals surface area (Å²) in [5.74, 6) is -0.0720. The van der Waals surface area contributed by atoms with E-state index in [4.69, 9.17) is 16.9 Å². The average Bonchev–Trinajstić information content (AvgIpc) is 2.86. The Kier molecular flexibility index (Phi) is 7.07. The van der Waals surface area contributed by atoms with Crippen LogP contribution in [0.1, 0.15) is 45.5 Å². The van der Waals surface area contributed by atoms with E-state index in [1.54, 1.807) is 30.3 Å². The van der Waals surface area contributed by atoms with Crippen molar-refractivity contribution in [3.05, 3.63) is 99.6 Å². The Morgan fingerprint density at radius 1 is 1.00 bits per heavy atom. The number of carbonyl (C=O) groups excluding carboxylic acids is 2. The molecule has 0 atom stereocenters. The molecule has 0 saturated carbocycles. The van der Waals surface area contributed by atoms with Gasteiger partial charge in [0, 0.05) is 35.8 Å². The minimum atomic E-state index is -0.142. The number of nitrogens with one attached hydrogen (secondary N) is 1. The van der Waals surface area contributed by atoms with E-state index in [0.29, 0.717) is 42.1 Å². The summed E-state index contributed by atoms with van der Waals surface area (Å²) in [5.41, 5.74) is 5.13. The SMILES string of the molecule is N#Cc1ccc(CCC(=O)N2CCCc3cc(C(=O)NCc4ccc(Cl)cc4)ccc32)cc1. The first-order valence-electron chi connectivity index (χ1n) is 11.0. The van der Waals surface area contributed by atoms with E-state index in [1.807, 2.05) is 41.3 Å². The summed E-state index contributed by atoms with van der Waals surface area (Å²) < 4.78 is 0. The van der Waals surface area contributed by atoms with E-state index in [1.165, 1.54) is 0 Å². The molecule has 1 N–H and O–H groups in total. The van der Waals surface area contributed by atoms with Gasteiger partial charge in [0.2, 0.25) is 5.91 Å². The molecule has 4 rings (SSSR count). The fraction of sp³-hybridized carbons (Fsp3) is 0.222. The summed E-state index contributed by atoms with van der Waals surface area (Å²) in [5, 5.41) is 12.5. The molecular weight excluding hydrogens is 434 g/mol. The van der Waals surface area contributed by atoms with Crippen LogP contribution in [0.25, 0.3) is 0 Å². The summed E-state index contributed by atoms with van der Waals surface area (Å²) in [4.78, 5) is 27.4. The van der Waals surface area contributed by atoms with Crippen molar-refractivity contribution in [2.75, 3.05) is 11.4 Å². The molecule has 0 aromatic heterocycles. The van der Waals surface area contributed by atoms with Gasteiger partial charge in [-0.15, -0.1) is 0 Å². The van der Waals surface area contributed by atoms with Crippen molar-refractivity contribution < 1.29 is 9.59 Å². The predicted octanol–water partition coefficient (Wildman–Crippen LogP) is 5.05. The highest BCUT2D eigenvalue weighted by Crippen LogP contribution is 2.29. The van der Waals surface area contributed by atoms with E-state index in [0.717, 1.165) is 35.2 Å². The van der Waals surface area contributed by atoms with Gasteiger partial charge in [-0.05, 0) is 78.4 Å². The van der Waals surface area contributed by atoms with Gasteiger partial charge in [-0.1, -0.05) is 35.9 Å². The maximum absolute atomic E-state index is 12.9. The van der Waals surface area contributed by atoms with Gasteiger partial charge in [0.05, 0.1) is 11.6 Å². The molecule has 3 aromatic carbocycles. The summed E-state index contributed by atoms with van der Waals surface area (Å²) in [6.45, 7) is 1.11. The van der Waals surface area contributed by atoms with Gasteiger partial charge < -0.3 is 10.2 Å². The van der Waals surface area contributed by atoms with E-state index in [-0.39, 0.29) is 11.8 Å². The molecule has 1 aliphatic rings. The van der Waals surface area contributed by atoms with Crippen molar-refractivity contribution in [2.24, 2.45) is 0 Å². The number of hydrogen-bond donors (Lipinski definition) is 1. The Balaban J connectivity index is 1.39. The smallest absolute Gasteiger partial charge is 0.251 e. The van der Waals surface area contributed by atoms with Crippen molar-refractivity contribution in [1.82, 2.24) is 5.32 Å². The number of aryl methyl sites for hydroxylation is 2. The second kappa shape index (κ2) is 10.3. The second-order valence-corrected chi connectivity index (χ2v) is 8.55. The van der Waals surface area contributed by atoms with Gasteiger partial charge in [-0.2, -0.15) is 5.26 Å². The predicted molar refractivity (Wildman–Crippen MR) is 129 cm³/mol. The van der Waals surface area contributed by atoms with Crippen molar-refractivity contribution in [1.29, 1.82) is 5.26 Å². The molecule has 0 unspecified atom stereocenters. The second-order valence-electron chi connectivity index (χ2n) is 8.11. The van der Waals surface area contributed by atoms with Gasteiger partial charge in [0.15, 0.2) is 0 Å². The molecule has 1 heterocycles. The van der Waals surface area contributed by atoms with Crippen LogP contribution in [0.4, 0.5) is 5.69 Å². The molecule has 166 valence electrons. The van der Waals surface area contributed by atoms with E-state index >= 15 is 0 Å². The molecule has 5 nitrogen and oxygen atoms in total. The number of nitrogens with zero attached hydrogens (tertiary/aromatic N) is 2. The lowest BCUT2D eigenvalue weighted by atomic mass is 9.98. The first-order chi connectivity index (χ1) is 16.0. The monoisotopic (exact) mass is 457 g/mol. The molecule has 0 radical (unpaired) electrons. The van der Waals surface area contributed by atoms with Crippen LogP contribution in [-0.4, -0.2) is 18.4 Å². The highest BCUT2D eigenvalue weighted by Gasteiger charge is 2.23. The average molecular weight is 458 g/mol. The standard InChI is InChI=1S/C27H24ClN3O2/c28-24-11-7-21(8-12-24)18-30-27(33)23-10-13-25-22(16-23)2-1-15-31(25)26(32)14-9-19-3-5-20(17-29)6-4-19/h3-8,10-13,16H,1-2,9,14-15,18H2,(H,30,33). The Hall–Kier alpha value is -3.62. The molecule has 0 spiro atoms. The van der Waals surface area contributed by atoms with Crippen molar-refractivity contribution >= 4 is 29.1 Å². The summed E-state index contributed by atoms with van der Waals surface area (Å²) in [6.07, 6.45) is 2.73. The minimum Gasteiger partial charge on any atom is -0.348 e. The fourth-order valence-electron chi connectivity index (χ4n) is 4.02. The van der Waals surface area contributed by atoms with Gasteiger partial charge >= 0.3 is 0 Å². The number of carbonyl (C=O) groups is 2. The summed E-state index contributed by atoms with van der Waals surface area (Å²) in [6, 6.07) is 22.4. The van der Waals surface area contributed by atoms with E-state index in [2.05, 4.69) is 11.4 Å². The molecule has 1 aliphatic heterocycles. The van der Waals surface area contributed by atoms with E-state index in [9.17, 15) is 9.59 Å². The molecule has 2 amide bonds. The summed E-state index contributed by atoms with van der Waals surface area (Å²) in [7, 11) is 0. The maximum Gasteiger partial charge on any atom is 0.251 e. The lowest BCUT2D eigenvalue weighted by Crippen LogP contribution is -2.35. The van der Waals surface area contributed by atoms with Crippen LogP contribution in [-0.2, 0) is 24.2 Å². The van der Waals surface area contributed by atoms with Crippen molar-refractivity contribution in [3.63, 3.8) is 0 Å². The van der Waals surface area contributed by atoms with Crippen LogP contribution in [0.3, 0.4) is 0 Å². The molecule has 0 aliphatic carbocycles. The lowest BCUT2D eigenvalue weighted by Gasteiger charge is -2.30. The quantitative estimate of drug-likeness (QED) is 0.562. The Morgan fingerprint density at radius 2 is 1.73 bits per heavy atom. The lowest BCUT2D eigenvalue weighted by molar-refractivity contribution is -0.118. The topological polar surface area (TPSA) is 73.2 Å². The van der Waals surface area contributed by atoms with Crippen LogP contribution < -0.4 is 10.2 Å². The van der Waals surface area contributed by atoms with Crippen molar-refractivity contribution in [3.8, 4) is 6.07 Å². The normalized spacial score (nSPS) is 12.5. The third kappa shape index (κ3) is 5.60. The summed E-state index contributed by atoms with van der Waals surface area (Å²) >= 11 is 5.91. The molecule has 0 bridgehead atoms. The molecular formula is C27H24ClN3O2. The van der Waals surface area contributed by atoms with Crippen LogP contribution in [0.5, 0.6) is 0 Å². The van der Waals surface area contributed by atoms with Gasteiger partial charge in [0.25, 0.3) is 5.91 Å². The molecule has 3 aromatic rings. The number of anilines is 1. The third-order valence-electron chi connectivity index (χ3n) is 5.84. The molecule has 0 fully saturated rings.